The third kappa shape index (κ3) is 4.00. The Morgan fingerprint density at radius 3 is 2.84 bits per heavy atom. The molecule has 1 N–H and O–H groups in total. The van der Waals surface area contributed by atoms with E-state index < -0.39 is 5.97 Å². The van der Waals surface area contributed by atoms with Crippen LogP contribution in [-0.2, 0) is 4.74 Å². The summed E-state index contributed by atoms with van der Waals surface area (Å²) in [7, 11) is 1.32. The highest BCUT2D eigenvalue weighted by Gasteiger charge is 2.23. The van der Waals surface area contributed by atoms with Crippen LogP contribution in [-0.4, -0.2) is 42.2 Å². The Bertz CT molecular complexity index is 794. The molecule has 1 saturated heterocycles. The summed E-state index contributed by atoms with van der Waals surface area (Å²) in [6.45, 7) is 1.69. The Labute approximate surface area is 154 Å². The first kappa shape index (κ1) is 17.5. The topological polar surface area (TPSA) is 91.1 Å². The first-order chi connectivity index (χ1) is 12.1. The smallest absolute Gasteiger partial charge is 0.351 e. The molecule has 0 atom stereocenters. The highest BCUT2D eigenvalue weighted by molar-refractivity contribution is 7.18. The predicted molar refractivity (Wildman–Crippen MR) is 96.3 cm³/mol. The average molecular weight is 378 g/mol. The number of carbonyl (C=O) groups excluding carboxylic acids is 1. The molecule has 1 aliphatic heterocycles. The zero-order valence-electron chi connectivity index (χ0n) is 13.5. The van der Waals surface area contributed by atoms with E-state index in [9.17, 15) is 4.79 Å². The van der Waals surface area contributed by atoms with Crippen molar-refractivity contribution in [2.24, 2.45) is 0 Å². The molecule has 9 heteroatoms. The quantitative estimate of drug-likeness (QED) is 0.819. The number of piperidine rings is 1. The average Bonchev–Trinajstić information content (AvgIpc) is 3.02. The van der Waals surface area contributed by atoms with E-state index in [1.807, 2.05) is 6.07 Å². The van der Waals surface area contributed by atoms with Gasteiger partial charge in [0.15, 0.2) is 15.2 Å². The van der Waals surface area contributed by atoms with Gasteiger partial charge >= 0.3 is 5.97 Å². The van der Waals surface area contributed by atoms with Crippen molar-refractivity contribution in [1.29, 1.82) is 5.26 Å². The van der Waals surface area contributed by atoms with Gasteiger partial charge in [0.25, 0.3) is 0 Å². The first-order valence-electron chi connectivity index (χ1n) is 7.73. The Balaban J connectivity index is 1.57. The van der Waals surface area contributed by atoms with E-state index in [0.29, 0.717) is 15.6 Å². The van der Waals surface area contributed by atoms with Crippen LogP contribution in [0.15, 0.2) is 18.3 Å². The zero-order valence-corrected chi connectivity index (χ0v) is 15.1. The molecule has 25 heavy (non-hydrogen) atoms. The summed E-state index contributed by atoms with van der Waals surface area (Å²) >= 11 is 7.19. The number of thiazole rings is 1. The lowest BCUT2D eigenvalue weighted by atomic mass is 10.1. The third-order valence-electron chi connectivity index (χ3n) is 3.98. The summed E-state index contributed by atoms with van der Waals surface area (Å²) in [5.41, 5.74) is 0.558. The molecule has 1 aliphatic rings. The molecule has 7 nitrogen and oxygen atoms in total. The van der Waals surface area contributed by atoms with Gasteiger partial charge in [0.05, 0.1) is 12.7 Å². The van der Waals surface area contributed by atoms with Crippen LogP contribution in [0.5, 0.6) is 0 Å². The molecule has 130 valence electrons. The van der Waals surface area contributed by atoms with Crippen LogP contribution in [0.25, 0.3) is 0 Å². The van der Waals surface area contributed by atoms with Crippen molar-refractivity contribution in [3.8, 4) is 6.07 Å². The maximum atomic E-state index is 11.6. The maximum absolute atomic E-state index is 11.6. The molecule has 0 bridgehead atoms. The number of hydrogen-bond acceptors (Lipinski definition) is 8. The Kier molecular flexibility index (Phi) is 5.36. The lowest BCUT2D eigenvalue weighted by Crippen LogP contribution is -2.39. The molecule has 0 radical (unpaired) electrons. The van der Waals surface area contributed by atoms with Gasteiger partial charge in [0, 0.05) is 25.3 Å². The fourth-order valence-corrected chi connectivity index (χ4v) is 3.83. The lowest BCUT2D eigenvalue weighted by Gasteiger charge is -2.33. The Hall–Kier alpha value is -2.37. The molecule has 0 spiro atoms. The van der Waals surface area contributed by atoms with E-state index in [1.165, 1.54) is 18.4 Å². The molecule has 1 fully saturated rings. The van der Waals surface area contributed by atoms with Gasteiger partial charge in [-0.1, -0.05) is 22.9 Å². The second kappa shape index (κ2) is 7.68. The summed E-state index contributed by atoms with van der Waals surface area (Å²) in [5.74, 6) is 0.403. The number of halogens is 1. The number of aromatic nitrogens is 2. The fourth-order valence-electron chi connectivity index (χ4n) is 2.65. The molecular formula is C16H16ClN5O2S. The summed E-state index contributed by atoms with van der Waals surface area (Å²) in [6.07, 6.45) is 3.41. The second-order valence-corrected chi connectivity index (χ2v) is 6.91. The number of anilines is 2. The molecule has 0 unspecified atom stereocenters. The monoisotopic (exact) mass is 377 g/mol. The number of pyridine rings is 1. The summed E-state index contributed by atoms with van der Waals surface area (Å²) in [5, 5.41) is 13.0. The summed E-state index contributed by atoms with van der Waals surface area (Å²) in [4.78, 5) is 22.6. The molecular weight excluding hydrogens is 362 g/mol. The fraction of sp³-hybridized carbons (Fsp3) is 0.375. The van der Waals surface area contributed by atoms with Gasteiger partial charge in [-0.15, -0.1) is 0 Å². The highest BCUT2D eigenvalue weighted by Crippen LogP contribution is 2.29. The predicted octanol–water partition coefficient (Wildman–Crippen LogP) is 2.93. The van der Waals surface area contributed by atoms with Crippen molar-refractivity contribution in [2.75, 3.05) is 30.4 Å². The number of rotatable bonds is 4. The van der Waals surface area contributed by atoms with Crippen molar-refractivity contribution in [2.45, 2.75) is 18.9 Å². The van der Waals surface area contributed by atoms with Crippen LogP contribution >= 0.6 is 22.9 Å². The molecule has 2 aromatic heterocycles. The van der Waals surface area contributed by atoms with E-state index >= 15 is 0 Å². The molecule has 2 aromatic rings. The van der Waals surface area contributed by atoms with Crippen LogP contribution in [0.3, 0.4) is 0 Å². The molecule has 0 amide bonds. The van der Waals surface area contributed by atoms with Gasteiger partial charge in [0.1, 0.15) is 11.9 Å². The SMILES string of the molecule is COC(=O)c1sc(NC2CCN(c3ccc(C#N)cn3)CC2)nc1Cl. The molecule has 0 saturated carbocycles. The minimum atomic E-state index is -0.475. The van der Waals surface area contributed by atoms with Gasteiger partial charge < -0.3 is 15.0 Å². The molecule has 3 heterocycles. The van der Waals surface area contributed by atoms with Gasteiger partial charge in [-0.3, -0.25) is 0 Å². The van der Waals surface area contributed by atoms with Crippen LogP contribution in [0.1, 0.15) is 28.1 Å². The van der Waals surface area contributed by atoms with Crippen LogP contribution < -0.4 is 10.2 Å². The molecule has 0 aliphatic carbocycles. The van der Waals surface area contributed by atoms with Gasteiger partial charge in [-0.2, -0.15) is 5.26 Å². The van der Waals surface area contributed by atoms with Crippen molar-refractivity contribution >= 4 is 39.9 Å². The van der Waals surface area contributed by atoms with E-state index in [2.05, 4.69) is 31.0 Å². The van der Waals surface area contributed by atoms with Crippen molar-refractivity contribution in [3.05, 3.63) is 33.9 Å². The van der Waals surface area contributed by atoms with E-state index in [4.69, 9.17) is 16.9 Å². The lowest BCUT2D eigenvalue weighted by molar-refractivity contribution is 0.0606. The Morgan fingerprint density at radius 2 is 2.24 bits per heavy atom. The van der Waals surface area contributed by atoms with Gasteiger partial charge in [-0.05, 0) is 25.0 Å². The van der Waals surface area contributed by atoms with Crippen molar-refractivity contribution in [3.63, 3.8) is 0 Å². The standard InChI is InChI=1S/C16H16ClN5O2S/c1-24-15(23)13-14(17)21-16(25-13)20-11-4-6-22(7-5-11)12-3-2-10(8-18)9-19-12/h2-3,9,11H,4-7H2,1H3,(H,20,21). The largest absolute Gasteiger partial charge is 0.465 e. The van der Waals surface area contributed by atoms with Crippen LogP contribution in [0.4, 0.5) is 10.9 Å². The van der Waals surface area contributed by atoms with Crippen molar-refractivity contribution in [1.82, 2.24) is 9.97 Å². The first-order valence-corrected chi connectivity index (χ1v) is 8.92. The summed E-state index contributed by atoms with van der Waals surface area (Å²) < 4.78 is 4.69. The minimum Gasteiger partial charge on any atom is -0.465 e. The van der Waals surface area contributed by atoms with Crippen LogP contribution in [0, 0.1) is 11.3 Å². The minimum absolute atomic E-state index is 0.165. The number of hydrogen-bond donors (Lipinski definition) is 1. The van der Waals surface area contributed by atoms with Crippen LogP contribution in [0.2, 0.25) is 5.15 Å². The normalized spacial score (nSPS) is 14.8. The van der Waals surface area contributed by atoms with Crippen molar-refractivity contribution < 1.29 is 9.53 Å². The van der Waals surface area contributed by atoms with E-state index in [1.54, 1.807) is 12.3 Å². The van der Waals surface area contributed by atoms with Gasteiger partial charge in [-0.25, -0.2) is 14.8 Å². The number of nitriles is 1. The third-order valence-corrected chi connectivity index (χ3v) is 5.33. The molecule has 0 aromatic carbocycles. The van der Waals surface area contributed by atoms with Gasteiger partial charge in [0.2, 0.25) is 0 Å². The number of carbonyl (C=O) groups is 1. The maximum Gasteiger partial charge on any atom is 0.351 e. The number of nitrogens with zero attached hydrogens (tertiary/aromatic N) is 4. The second-order valence-electron chi connectivity index (χ2n) is 5.55. The number of esters is 1. The van der Waals surface area contributed by atoms with E-state index in [0.717, 1.165) is 31.7 Å². The van der Waals surface area contributed by atoms with E-state index in [-0.39, 0.29) is 11.2 Å². The molecule has 3 rings (SSSR count). The number of nitrogens with one attached hydrogen (secondary N) is 1. The Morgan fingerprint density at radius 1 is 1.48 bits per heavy atom. The number of methoxy groups -OCH3 is 1. The summed E-state index contributed by atoms with van der Waals surface area (Å²) in [6, 6.07) is 5.97. The highest BCUT2D eigenvalue weighted by atomic mass is 35.5. The number of ether oxygens (including phenoxy) is 1. The zero-order chi connectivity index (χ0) is 17.8.